The second-order valence-corrected chi connectivity index (χ2v) is 7.43. The normalized spacial score (nSPS) is 11.8. The number of para-hydroxylation sites is 2. The highest BCUT2D eigenvalue weighted by Crippen LogP contribution is 2.28. The molecule has 7 heteroatoms. The van der Waals surface area contributed by atoms with Crippen LogP contribution >= 0.6 is 23.1 Å². The number of nitrogens with zero attached hydrogens (tertiary/aromatic N) is 5. The van der Waals surface area contributed by atoms with Gasteiger partial charge in [-0.2, -0.15) is 0 Å². The third kappa shape index (κ3) is 2.04. The van der Waals surface area contributed by atoms with Crippen molar-refractivity contribution in [1.82, 2.24) is 24.1 Å². The molecular weight excluding hydrogens is 314 g/mol. The SMILES string of the molecule is Cc1nc(CSc2nnc3n(C)c4ccccc4n23)sc1C. The fourth-order valence-corrected chi connectivity index (χ4v) is 4.42. The first kappa shape index (κ1) is 13.8. The molecular formula is C15H15N5S2. The molecule has 0 bridgehead atoms. The average Bonchev–Trinajstić information content (AvgIpc) is 3.15. The molecule has 112 valence electrons. The Morgan fingerprint density at radius 1 is 1.14 bits per heavy atom. The topological polar surface area (TPSA) is 48.0 Å². The summed E-state index contributed by atoms with van der Waals surface area (Å²) in [5.41, 5.74) is 3.42. The van der Waals surface area contributed by atoms with Crippen molar-refractivity contribution in [2.24, 2.45) is 7.05 Å². The zero-order chi connectivity index (χ0) is 15.3. The Balaban J connectivity index is 1.74. The first-order valence-corrected chi connectivity index (χ1v) is 8.79. The summed E-state index contributed by atoms with van der Waals surface area (Å²) in [4.78, 5) is 5.88. The molecule has 4 rings (SSSR count). The van der Waals surface area contributed by atoms with Gasteiger partial charge in [0.1, 0.15) is 5.01 Å². The minimum Gasteiger partial charge on any atom is -0.311 e. The highest BCUT2D eigenvalue weighted by Gasteiger charge is 2.15. The van der Waals surface area contributed by atoms with E-state index in [2.05, 4.69) is 50.1 Å². The maximum atomic E-state index is 4.59. The van der Waals surface area contributed by atoms with Crippen molar-refractivity contribution < 1.29 is 0 Å². The number of thiazole rings is 1. The molecule has 22 heavy (non-hydrogen) atoms. The molecule has 3 heterocycles. The van der Waals surface area contributed by atoms with Crippen molar-refractivity contribution in [1.29, 1.82) is 0 Å². The van der Waals surface area contributed by atoms with Gasteiger partial charge >= 0.3 is 0 Å². The Labute approximate surface area is 136 Å². The van der Waals surface area contributed by atoms with E-state index in [1.165, 1.54) is 4.88 Å². The lowest BCUT2D eigenvalue weighted by atomic mass is 10.3. The number of hydrogen-bond donors (Lipinski definition) is 0. The third-order valence-electron chi connectivity index (χ3n) is 3.80. The van der Waals surface area contributed by atoms with E-state index in [0.717, 1.165) is 38.4 Å². The van der Waals surface area contributed by atoms with Gasteiger partial charge in [0.25, 0.3) is 0 Å². The van der Waals surface area contributed by atoms with Crippen LogP contribution in [-0.4, -0.2) is 24.1 Å². The quantitative estimate of drug-likeness (QED) is 0.539. The monoisotopic (exact) mass is 329 g/mol. The number of benzene rings is 1. The molecule has 0 aliphatic heterocycles. The standard InChI is InChI=1S/C15H15N5S2/c1-9-10(2)22-13(16-9)8-21-15-18-17-14-19(3)11-6-4-5-7-12(11)20(14)15/h4-7H,8H2,1-3H3. The van der Waals surface area contributed by atoms with Gasteiger partial charge < -0.3 is 4.57 Å². The maximum Gasteiger partial charge on any atom is 0.236 e. The van der Waals surface area contributed by atoms with Gasteiger partial charge in [-0.05, 0) is 26.0 Å². The van der Waals surface area contributed by atoms with Gasteiger partial charge in [0.2, 0.25) is 5.78 Å². The summed E-state index contributed by atoms with van der Waals surface area (Å²) in [6, 6.07) is 8.30. The molecule has 0 fully saturated rings. The van der Waals surface area contributed by atoms with Crippen LogP contribution in [0.1, 0.15) is 15.6 Å². The summed E-state index contributed by atoms with van der Waals surface area (Å²) in [6.45, 7) is 4.17. The molecule has 0 N–H and O–H groups in total. The zero-order valence-electron chi connectivity index (χ0n) is 12.6. The Morgan fingerprint density at radius 3 is 2.64 bits per heavy atom. The summed E-state index contributed by atoms with van der Waals surface area (Å²) in [5.74, 6) is 1.69. The highest BCUT2D eigenvalue weighted by atomic mass is 32.2. The van der Waals surface area contributed by atoms with Crippen molar-refractivity contribution in [2.45, 2.75) is 24.8 Å². The first-order chi connectivity index (χ1) is 10.6. The van der Waals surface area contributed by atoms with Crippen LogP contribution in [0, 0.1) is 13.8 Å². The van der Waals surface area contributed by atoms with Crippen molar-refractivity contribution >= 4 is 39.9 Å². The van der Waals surface area contributed by atoms with Crippen molar-refractivity contribution in [2.75, 3.05) is 0 Å². The fraction of sp³-hybridized carbons (Fsp3) is 0.267. The minimum atomic E-state index is 0.823. The van der Waals surface area contributed by atoms with Crippen molar-refractivity contribution in [3.63, 3.8) is 0 Å². The predicted octanol–water partition coefficient (Wildman–Crippen LogP) is 3.59. The number of rotatable bonds is 3. The molecule has 0 aliphatic carbocycles. The van der Waals surface area contributed by atoms with Crippen molar-refractivity contribution in [3.8, 4) is 0 Å². The van der Waals surface area contributed by atoms with Gasteiger partial charge in [-0.15, -0.1) is 21.5 Å². The van der Waals surface area contributed by atoms with Gasteiger partial charge in [-0.25, -0.2) is 4.98 Å². The average molecular weight is 329 g/mol. The van der Waals surface area contributed by atoms with Crippen LogP contribution in [0.4, 0.5) is 0 Å². The van der Waals surface area contributed by atoms with Gasteiger partial charge in [0, 0.05) is 11.9 Å². The van der Waals surface area contributed by atoms with Crippen molar-refractivity contribution in [3.05, 3.63) is 39.8 Å². The van der Waals surface area contributed by atoms with Crippen LogP contribution < -0.4 is 0 Å². The molecule has 0 saturated heterocycles. The smallest absolute Gasteiger partial charge is 0.236 e. The van der Waals surface area contributed by atoms with Crippen LogP contribution in [0.15, 0.2) is 29.4 Å². The summed E-state index contributed by atoms with van der Waals surface area (Å²) in [5, 5.41) is 10.7. The first-order valence-electron chi connectivity index (χ1n) is 6.99. The molecule has 0 aliphatic rings. The van der Waals surface area contributed by atoms with Crippen LogP contribution in [0.5, 0.6) is 0 Å². The third-order valence-corrected chi connectivity index (χ3v) is 5.99. The Hall–Kier alpha value is -1.86. The van der Waals surface area contributed by atoms with E-state index in [1.807, 2.05) is 19.2 Å². The number of aromatic nitrogens is 5. The molecule has 0 spiro atoms. The summed E-state index contributed by atoms with van der Waals surface area (Å²) in [6.07, 6.45) is 0. The fourth-order valence-electron chi connectivity index (χ4n) is 2.56. The summed E-state index contributed by atoms with van der Waals surface area (Å²) in [7, 11) is 2.02. The molecule has 5 nitrogen and oxygen atoms in total. The van der Waals surface area contributed by atoms with Gasteiger partial charge in [-0.1, -0.05) is 23.9 Å². The number of thioether (sulfide) groups is 1. The molecule has 4 aromatic rings. The van der Waals surface area contributed by atoms with Crippen LogP contribution in [0.25, 0.3) is 16.8 Å². The van der Waals surface area contributed by atoms with Gasteiger partial charge in [-0.3, -0.25) is 4.40 Å². The van der Waals surface area contributed by atoms with E-state index < -0.39 is 0 Å². The second-order valence-electron chi connectivity index (χ2n) is 5.20. The number of hydrogen-bond acceptors (Lipinski definition) is 5. The Morgan fingerprint density at radius 2 is 1.91 bits per heavy atom. The van der Waals surface area contributed by atoms with E-state index in [-0.39, 0.29) is 0 Å². The second kappa shape index (κ2) is 5.10. The number of fused-ring (bicyclic) bond motifs is 3. The van der Waals surface area contributed by atoms with E-state index in [9.17, 15) is 0 Å². The molecule has 1 aromatic carbocycles. The Kier molecular flexibility index (Phi) is 3.19. The molecule has 0 saturated carbocycles. The van der Waals surface area contributed by atoms with E-state index in [0.29, 0.717) is 0 Å². The maximum absolute atomic E-state index is 4.59. The number of aryl methyl sites for hydroxylation is 3. The van der Waals surface area contributed by atoms with E-state index in [1.54, 1.807) is 23.1 Å². The lowest BCUT2D eigenvalue weighted by molar-refractivity contribution is 0.936. The molecule has 0 unspecified atom stereocenters. The van der Waals surface area contributed by atoms with E-state index in [4.69, 9.17) is 0 Å². The zero-order valence-corrected chi connectivity index (χ0v) is 14.2. The minimum absolute atomic E-state index is 0.823. The molecule has 0 radical (unpaired) electrons. The van der Waals surface area contributed by atoms with Gasteiger partial charge in [0.15, 0.2) is 5.16 Å². The Bertz CT molecular complexity index is 959. The lowest BCUT2D eigenvalue weighted by Crippen LogP contribution is -1.88. The summed E-state index contributed by atoms with van der Waals surface area (Å²) < 4.78 is 4.19. The van der Waals surface area contributed by atoms with Crippen LogP contribution in [0.2, 0.25) is 0 Å². The molecule has 0 amide bonds. The van der Waals surface area contributed by atoms with Crippen LogP contribution in [0.3, 0.4) is 0 Å². The molecule has 3 aromatic heterocycles. The van der Waals surface area contributed by atoms with E-state index >= 15 is 0 Å². The largest absolute Gasteiger partial charge is 0.311 e. The number of imidazole rings is 1. The highest BCUT2D eigenvalue weighted by molar-refractivity contribution is 7.98. The predicted molar refractivity (Wildman–Crippen MR) is 90.6 cm³/mol. The lowest BCUT2D eigenvalue weighted by Gasteiger charge is -1.97. The van der Waals surface area contributed by atoms with Crippen LogP contribution in [-0.2, 0) is 12.8 Å². The summed E-state index contributed by atoms with van der Waals surface area (Å²) >= 11 is 3.44. The molecule has 0 atom stereocenters. The van der Waals surface area contributed by atoms with Gasteiger partial charge in [0.05, 0.1) is 22.5 Å².